The lowest BCUT2D eigenvalue weighted by Crippen LogP contribution is -1.94. The van der Waals surface area contributed by atoms with Gasteiger partial charge in [0.15, 0.2) is 0 Å². The first-order valence-electron chi connectivity index (χ1n) is 15.5. The van der Waals surface area contributed by atoms with Crippen LogP contribution in [0.2, 0.25) is 0 Å². The quantitative estimate of drug-likeness (QED) is 0.147. The number of hydrogen-bond donors (Lipinski definition) is 0. The van der Waals surface area contributed by atoms with Gasteiger partial charge in [-0.3, -0.25) is 0 Å². The first kappa shape index (κ1) is 26.8. The highest BCUT2D eigenvalue weighted by molar-refractivity contribution is 6.21. The van der Waals surface area contributed by atoms with Crippen molar-refractivity contribution >= 4 is 55.4 Å². The van der Waals surface area contributed by atoms with Gasteiger partial charge in [0.1, 0.15) is 0 Å². The van der Waals surface area contributed by atoms with E-state index in [2.05, 4.69) is 165 Å². The SMILES string of the molecule is C=Cc1c(/C=C\C)ccc2c(-c3ccc(-c4c5ccccc5c(-c5ccccc5)c5ccccc45)cc3)nc3ccccc3c12. The average molecular weight is 574 g/mol. The van der Waals surface area contributed by atoms with Crippen molar-refractivity contribution in [2.75, 3.05) is 0 Å². The van der Waals surface area contributed by atoms with E-state index >= 15 is 0 Å². The molecule has 8 rings (SSSR count). The van der Waals surface area contributed by atoms with E-state index in [9.17, 15) is 0 Å². The monoisotopic (exact) mass is 573 g/mol. The Morgan fingerprint density at radius 1 is 0.489 bits per heavy atom. The largest absolute Gasteiger partial charge is 0.247 e. The fourth-order valence-corrected chi connectivity index (χ4v) is 7.00. The molecule has 0 spiro atoms. The second-order valence-electron chi connectivity index (χ2n) is 11.5. The molecule has 0 atom stereocenters. The van der Waals surface area contributed by atoms with Crippen molar-refractivity contribution in [2.45, 2.75) is 6.92 Å². The number of para-hydroxylation sites is 1. The summed E-state index contributed by atoms with van der Waals surface area (Å²) < 4.78 is 0. The second-order valence-corrected chi connectivity index (χ2v) is 11.5. The van der Waals surface area contributed by atoms with Gasteiger partial charge < -0.3 is 0 Å². The van der Waals surface area contributed by atoms with Crippen LogP contribution in [0.25, 0.3) is 88.9 Å². The smallest absolute Gasteiger partial charge is 0.0788 e. The Hall–Kier alpha value is -5.79. The molecule has 0 fully saturated rings. The van der Waals surface area contributed by atoms with E-state index in [0.29, 0.717) is 0 Å². The molecule has 0 aliphatic carbocycles. The van der Waals surface area contributed by atoms with E-state index in [1.54, 1.807) is 0 Å². The molecule has 0 radical (unpaired) electrons. The molecule has 0 aliphatic heterocycles. The Kier molecular flexibility index (Phi) is 6.58. The number of benzene rings is 7. The number of rotatable bonds is 5. The van der Waals surface area contributed by atoms with E-state index < -0.39 is 0 Å². The maximum absolute atomic E-state index is 5.22. The van der Waals surface area contributed by atoms with Crippen LogP contribution in [0.3, 0.4) is 0 Å². The van der Waals surface area contributed by atoms with Gasteiger partial charge in [0.05, 0.1) is 11.2 Å². The zero-order valence-electron chi connectivity index (χ0n) is 25.2. The highest BCUT2D eigenvalue weighted by atomic mass is 14.7. The van der Waals surface area contributed by atoms with Crippen molar-refractivity contribution < 1.29 is 0 Å². The Labute approximate surface area is 263 Å². The fourth-order valence-electron chi connectivity index (χ4n) is 7.00. The van der Waals surface area contributed by atoms with Gasteiger partial charge in [0.25, 0.3) is 0 Å². The Bertz CT molecular complexity index is 2370. The average Bonchev–Trinajstić information content (AvgIpc) is 3.10. The third kappa shape index (κ3) is 4.36. The summed E-state index contributed by atoms with van der Waals surface area (Å²) in [6.07, 6.45) is 6.21. The zero-order valence-corrected chi connectivity index (χ0v) is 25.2. The van der Waals surface area contributed by atoms with Gasteiger partial charge in [-0.15, -0.1) is 0 Å². The summed E-state index contributed by atoms with van der Waals surface area (Å²) in [6, 6.07) is 50.2. The third-order valence-electron chi connectivity index (χ3n) is 8.93. The summed E-state index contributed by atoms with van der Waals surface area (Å²) in [5.41, 5.74) is 10.3. The fraction of sp³-hybridized carbons (Fsp3) is 0.0227. The van der Waals surface area contributed by atoms with Crippen LogP contribution >= 0.6 is 0 Å². The molecule has 0 saturated heterocycles. The van der Waals surface area contributed by atoms with Crippen LogP contribution < -0.4 is 0 Å². The highest BCUT2D eigenvalue weighted by Crippen LogP contribution is 2.44. The summed E-state index contributed by atoms with van der Waals surface area (Å²) in [6.45, 7) is 6.25. The summed E-state index contributed by atoms with van der Waals surface area (Å²) >= 11 is 0. The lowest BCUT2D eigenvalue weighted by atomic mass is 9.85. The Morgan fingerprint density at radius 3 is 1.58 bits per heavy atom. The molecule has 1 nitrogen and oxygen atoms in total. The summed E-state index contributed by atoms with van der Waals surface area (Å²) in [7, 11) is 0. The topological polar surface area (TPSA) is 12.9 Å². The molecule has 8 aromatic rings. The molecule has 1 aromatic heterocycles. The molecule has 0 bridgehead atoms. The second kappa shape index (κ2) is 11.0. The van der Waals surface area contributed by atoms with Gasteiger partial charge in [-0.05, 0) is 67.9 Å². The molecule has 0 N–H and O–H groups in total. The lowest BCUT2D eigenvalue weighted by Gasteiger charge is -2.18. The van der Waals surface area contributed by atoms with E-state index in [1.165, 1.54) is 49.2 Å². The van der Waals surface area contributed by atoms with E-state index in [1.807, 2.05) is 6.08 Å². The Balaban J connectivity index is 1.36. The van der Waals surface area contributed by atoms with Crippen LogP contribution in [0.15, 0.2) is 152 Å². The Morgan fingerprint density at radius 2 is 1.00 bits per heavy atom. The maximum atomic E-state index is 5.22. The van der Waals surface area contributed by atoms with Crippen LogP contribution in [0, 0.1) is 0 Å². The van der Waals surface area contributed by atoms with Crippen LogP contribution in [-0.2, 0) is 0 Å². The number of aromatic nitrogens is 1. The molecule has 45 heavy (non-hydrogen) atoms. The number of allylic oxidation sites excluding steroid dienone is 1. The van der Waals surface area contributed by atoms with Gasteiger partial charge >= 0.3 is 0 Å². The number of hydrogen-bond acceptors (Lipinski definition) is 1. The van der Waals surface area contributed by atoms with Crippen LogP contribution in [-0.4, -0.2) is 4.98 Å². The molecule has 0 unspecified atom stereocenters. The minimum absolute atomic E-state index is 0.985. The van der Waals surface area contributed by atoms with E-state index in [4.69, 9.17) is 4.98 Å². The molecule has 0 saturated carbocycles. The molecule has 0 aliphatic rings. The predicted molar refractivity (Wildman–Crippen MR) is 195 cm³/mol. The van der Waals surface area contributed by atoms with Crippen LogP contribution in [0.1, 0.15) is 18.1 Å². The molecule has 212 valence electrons. The minimum Gasteiger partial charge on any atom is -0.247 e. The van der Waals surface area contributed by atoms with Gasteiger partial charge in [-0.1, -0.05) is 158 Å². The van der Waals surface area contributed by atoms with Crippen LogP contribution in [0.5, 0.6) is 0 Å². The number of pyridine rings is 1. The maximum Gasteiger partial charge on any atom is 0.0788 e. The normalized spacial score (nSPS) is 11.7. The first-order valence-corrected chi connectivity index (χ1v) is 15.5. The lowest BCUT2D eigenvalue weighted by molar-refractivity contribution is 1.42. The van der Waals surface area contributed by atoms with Crippen molar-refractivity contribution in [1.29, 1.82) is 0 Å². The van der Waals surface area contributed by atoms with Gasteiger partial charge in [-0.2, -0.15) is 0 Å². The molecule has 1 heteroatoms. The number of fused-ring (bicyclic) bond motifs is 5. The van der Waals surface area contributed by atoms with E-state index in [-0.39, 0.29) is 0 Å². The van der Waals surface area contributed by atoms with Gasteiger partial charge in [0.2, 0.25) is 0 Å². The predicted octanol–water partition coefficient (Wildman–Crippen LogP) is 12.4. The van der Waals surface area contributed by atoms with Crippen molar-refractivity contribution in [3.63, 3.8) is 0 Å². The summed E-state index contributed by atoms with van der Waals surface area (Å²) in [5.74, 6) is 0. The molecular formula is C44H31N. The molecule has 1 heterocycles. The van der Waals surface area contributed by atoms with Crippen molar-refractivity contribution in [2.24, 2.45) is 0 Å². The number of nitrogens with zero attached hydrogens (tertiary/aromatic N) is 1. The highest BCUT2D eigenvalue weighted by Gasteiger charge is 2.18. The molecule has 7 aromatic carbocycles. The van der Waals surface area contributed by atoms with Gasteiger partial charge in [0, 0.05) is 21.7 Å². The summed E-state index contributed by atoms with van der Waals surface area (Å²) in [5, 5.41) is 8.50. The van der Waals surface area contributed by atoms with Crippen molar-refractivity contribution in [3.05, 3.63) is 163 Å². The summed E-state index contributed by atoms with van der Waals surface area (Å²) in [4.78, 5) is 5.22. The van der Waals surface area contributed by atoms with Crippen LogP contribution in [0.4, 0.5) is 0 Å². The van der Waals surface area contributed by atoms with E-state index in [0.717, 1.165) is 38.7 Å². The molecule has 0 amide bonds. The van der Waals surface area contributed by atoms with Crippen molar-refractivity contribution in [1.82, 2.24) is 4.98 Å². The zero-order chi connectivity index (χ0) is 30.3. The third-order valence-corrected chi connectivity index (χ3v) is 8.93. The minimum atomic E-state index is 0.985. The first-order chi connectivity index (χ1) is 22.3. The molecular weight excluding hydrogens is 542 g/mol. The van der Waals surface area contributed by atoms with Gasteiger partial charge in [-0.25, -0.2) is 4.98 Å². The standard InChI is InChI=1S/C44H31N/c1-3-14-29-27-28-39-43(33(29)4-2)38-21-12-13-22-40(38)45-44(39)32-25-23-31(24-26-32)42-36-19-10-8-17-34(36)41(30-15-6-5-7-16-30)35-18-9-11-20-37(35)42/h3-28H,2H2,1H3/b14-3-. The van der Waals surface area contributed by atoms with Crippen molar-refractivity contribution in [3.8, 4) is 33.5 Å².